The van der Waals surface area contributed by atoms with Crippen LogP contribution in [0.25, 0.3) is 0 Å². The molecule has 1 aliphatic rings. The molecule has 0 amide bonds. The molecule has 0 bridgehead atoms. The van der Waals surface area contributed by atoms with E-state index in [0.29, 0.717) is 6.04 Å². The van der Waals surface area contributed by atoms with Gasteiger partial charge in [-0.05, 0) is 45.4 Å². The molecule has 2 heterocycles. The standard InChI is InChI=1S/C16H27N3O/c1-5-6-17-10-15-12(2)9-13(3)18-16(15)19-7-8-20-11-14(19)4/h9,14,17H,5-8,10-11H2,1-4H3. The van der Waals surface area contributed by atoms with Crippen molar-refractivity contribution in [1.82, 2.24) is 10.3 Å². The Morgan fingerprint density at radius 2 is 2.25 bits per heavy atom. The second kappa shape index (κ2) is 7.04. The summed E-state index contributed by atoms with van der Waals surface area (Å²) in [7, 11) is 0. The van der Waals surface area contributed by atoms with Gasteiger partial charge < -0.3 is 15.0 Å². The Kier molecular flexibility index (Phi) is 5.38. The van der Waals surface area contributed by atoms with E-state index in [1.807, 2.05) is 0 Å². The fourth-order valence-corrected chi connectivity index (χ4v) is 2.73. The van der Waals surface area contributed by atoms with Crippen LogP contribution >= 0.6 is 0 Å². The molecule has 1 unspecified atom stereocenters. The predicted molar refractivity (Wildman–Crippen MR) is 83.3 cm³/mol. The molecule has 1 aromatic rings. The molecule has 1 saturated heterocycles. The molecule has 0 aromatic carbocycles. The van der Waals surface area contributed by atoms with Crippen LogP contribution in [0.4, 0.5) is 5.82 Å². The summed E-state index contributed by atoms with van der Waals surface area (Å²) >= 11 is 0. The van der Waals surface area contributed by atoms with E-state index in [2.05, 4.69) is 44.0 Å². The van der Waals surface area contributed by atoms with Crippen LogP contribution in [0.3, 0.4) is 0 Å². The van der Waals surface area contributed by atoms with E-state index in [9.17, 15) is 0 Å². The number of nitrogens with one attached hydrogen (secondary N) is 1. The largest absolute Gasteiger partial charge is 0.377 e. The first-order valence-corrected chi connectivity index (χ1v) is 7.65. The van der Waals surface area contributed by atoms with Gasteiger partial charge in [0.15, 0.2) is 0 Å². The van der Waals surface area contributed by atoms with E-state index in [0.717, 1.165) is 50.8 Å². The lowest BCUT2D eigenvalue weighted by molar-refractivity contribution is 0.0984. The van der Waals surface area contributed by atoms with Gasteiger partial charge in [-0.1, -0.05) is 6.92 Å². The molecule has 2 rings (SSSR count). The number of rotatable bonds is 5. The quantitative estimate of drug-likeness (QED) is 0.839. The Morgan fingerprint density at radius 1 is 1.45 bits per heavy atom. The average molecular weight is 277 g/mol. The summed E-state index contributed by atoms with van der Waals surface area (Å²) < 4.78 is 5.55. The topological polar surface area (TPSA) is 37.4 Å². The number of hydrogen-bond acceptors (Lipinski definition) is 4. The average Bonchev–Trinajstić information content (AvgIpc) is 2.41. The summed E-state index contributed by atoms with van der Waals surface area (Å²) in [6.07, 6.45) is 1.15. The highest BCUT2D eigenvalue weighted by Crippen LogP contribution is 2.25. The molecule has 1 fully saturated rings. The fraction of sp³-hybridized carbons (Fsp3) is 0.688. The van der Waals surface area contributed by atoms with Crippen LogP contribution in [0.5, 0.6) is 0 Å². The number of pyridine rings is 1. The maximum absolute atomic E-state index is 5.55. The van der Waals surface area contributed by atoms with Crippen LogP contribution < -0.4 is 10.2 Å². The molecular formula is C16H27N3O. The van der Waals surface area contributed by atoms with Crippen LogP contribution in [-0.4, -0.2) is 37.3 Å². The SMILES string of the molecule is CCCNCc1c(C)cc(C)nc1N1CCOCC1C. The summed E-state index contributed by atoms with van der Waals surface area (Å²) in [5.41, 5.74) is 3.75. The van der Waals surface area contributed by atoms with Crippen LogP contribution in [-0.2, 0) is 11.3 Å². The van der Waals surface area contributed by atoms with E-state index in [-0.39, 0.29) is 0 Å². The lowest BCUT2D eigenvalue weighted by atomic mass is 10.1. The van der Waals surface area contributed by atoms with Crippen LogP contribution in [0, 0.1) is 13.8 Å². The van der Waals surface area contributed by atoms with Crippen molar-refractivity contribution >= 4 is 5.82 Å². The number of ether oxygens (including phenoxy) is 1. The summed E-state index contributed by atoms with van der Waals surface area (Å²) in [4.78, 5) is 7.21. The van der Waals surface area contributed by atoms with Crippen molar-refractivity contribution < 1.29 is 4.74 Å². The minimum absolute atomic E-state index is 0.391. The summed E-state index contributed by atoms with van der Waals surface area (Å²) in [6.45, 7) is 13.1. The van der Waals surface area contributed by atoms with Crippen LogP contribution in [0.1, 0.15) is 37.1 Å². The molecule has 1 aliphatic heterocycles. The third kappa shape index (κ3) is 3.49. The third-order valence-electron chi connectivity index (χ3n) is 3.82. The maximum Gasteiger partial charge on any atom is 0.134 e. The highest BCUT2D eigenvalue weighted by atomic mass is 16.5. The zero-order valence-corrected chi connectivity index (χ0v) is 13.2. The lowest BCUT2D eigenvalue weighted by Gasteiger charge is -2.36. The number of hydrogen-bond donors (Lipinski definition) is 1. The molecule has 0 saturated carbocycles. The highest BCUT2D eigenvalue weighted by Gasteiger charge is 2.23. The summed E-state index contributed by atoms with van der Waals surface area (Å²) in [5.74, 6) is 1.14. The van der Waals surface area contributed by atoms with Crippen LogP contribution in [0.2, 0.25) is 0 Å². The van der Waals surface area contributed by atoms with Gasteiger partial charge in [-0.2, -0.15) is 0 Å². The first kappa shape index (κ1) is 15.3. The Hall–Kier alpha value is -1.13. The normalized spacial score (nSPS) is 19.4. The molecule has 0 aliphatic carbocycles. The van der Waals surface area contributed by atoms with Gasteiger partial charge in [0, 0.05) is 24.3 Å². The Balaban J connectivity index is 2.28. The van der Waals surface area contributed by atoms with Crippen molar-refractivity contribution in [1.29, 1.82) is 0 Å². The van der Waals surface area contributed by atoms with Gasteiger partial charge in [0.1, 0.15) is 5.82 Å². The van der Waals surface area contributed by atoms with E-state index in [1.165, 1.54) is 11.1 Å². The summed E-state index contributed by atoms with van der Waals surface area (Å²) in [5, 5.41) is 3.51. The lowest BCUT2D eigenvalue weighted by Crippen LogP contribution is -2.45. The van der Waals surface area contributed by atoms with Crippen molar-refractivity contribution in [2.75, 3.05) is 31.2 Å². The van der Waals surface area contributed by atoms with E-state index in [4.69, 9.17) is 9.72 Å². The number of aromatic nitrogens is 1. The molecule has 112 valence electrons. The van der Waals surface area contributed by atoms with Gasteiger partial charge in [0.2, 0.25) is 0 Å². The first-order chi connectivity index (χ1) is 9.63. The van der Waals surface area contributed by atoms with Crippen molar-refractivity contribution in [2.24, 2.45) is 0 Å². The van der Waals surface area contributed by atoms with Crippen molar-refractivity contribution in [3.8, 4) is 0 Å². The smallest absolute Gasteiger partial charge is 0.134 e. The predicted octanol–water partition coefficient (Wildman–Crippen LogP) is 2.42. The number of aryl methyl sites for hydroxylation is 2. The first-order valence-electron chi connectivity index (χ1n) is 7.65. The highest BCUT2D eigenvalue weighted by molar-refractivity contribution is 5.52. The molecule has 4 nitrogen and oxygen atoms in total. The third-order valence-corrected chi connectivity index (χ3v) is 3.82. The van der Waals surface area contributed by atoms with Gasteiger partial charge >= 0.3 is 0 Å². The zero-order chi connectivity index (χ0) is 14.5. The molecule has 0 spiro atoms. The monoisotopic (exact) mass is 277 g/mol. The molecule has 1 atom stereocenters. The molecule has 20 heavy (non-hydrogen) atoms. The van der Waals surface area contributed by atoms with E-state index in [1.54, 1.807) is 0 Å². The molecule has 1 aromatic heterocycles. The fourth-order valence-electron chi connectivity index (χ4n) is 2.73. The molecular weight excluding hydrogens is 250 g/mol. The van der Waals surface area contributed by atoms with Crippen molar-refractivity contribution in [3.05, 3.63) is 22.9 Å². The number of anilines is 1. The minimum Gasteiger partial charge on any atom is -0.377 e. The second-order valence-corrected chi connectivity index (χ2v) is 5.68. The second-order valence-electron chi connectivity index (χ2n) is 5.68. The van der Waals surface area contributed by atoms with Gasteiger partial charge in [0.25, 0.3) is 0 Å². The molecule has 1 N–H and O–H groups in total. The maximum atomic E-state index is 5.55. The summed E-state index contributed by atoms with van der Waals surface area (Å²) in [6, 6.07) is 2.57. The van der Waals surface area contributed by atoms with Crippen molar-refractivity contribution in [3.63, 3.8) is 0 Å². The number of morpholine rings is 1. The van der Waals surface area contributed by atoms with Crippen molar-refractivity contribution in [2.45, 2.75) is 46.7 Å². The Bertz CT molecular complexity index is 448. The van der Waals surface area contributed by atoms with Gasteiger partial charge in [0.05, 0.1) is 19.3 Å². The van der Waals surface area contributed by atoms with Gasteiger partial charge in [-0.3, -0.25) is 0 Å². The molecule has 0 radical (unpaired) electrons. The Morgan fingerprint density at radius 3 is 2.95 bits per heavy atom. The minimum atomic E-state index is 0.391. The zero-order valence-electron chi connectivity index (χ0n) is 13.2. The number of nitrogens with zero attached hydrogens (tertiary/aromatic N) is 2. The van der Waals surface area contributed by atoms with E-state index >= 15 is 0 Å². The van der Waals surface area contributed by atoms with Crippen LogP contribution in [0.15, 0.2) is 6.07 Å². The van der Waals surface area contributed by atoms with Gasteiger partial charge in [-0.15, -0.1) is 0 Å². The molecule has 4 heteroatoms. The van der Waals surface area contributed by atoms with E-state index < -0.39 is 0 Å². The Labute approximate surface area is 122 Å². The van der Waals surface area contributed by atoms with Gasteiger partial charge in [-0.25, -0.2) is 4.98 Å².